The van der Waals surface area contributed by atoms with Crippen molar-refractivity contribution in [2.24, 2.45) is 0 Å². The minimum Gasteiger partial charge on any atom is -0.457 e. The highest BCUT2D eigenvalue weighted by atomic mass is 79.9. The molecule has 1 aromatic heterocycles. The van der Waals surface area contributed by atoms with Gasteiger partial charge in [0.2, 0.25) is 0 Å². The number of ether oxygens (including phenoxy) is 1. The Labute approximate surface area is 123 Å². The van der Waals surface area contributed by atoms with Crippen molar-refractivity contribution in [3.05, 3.63) is 64.3 Å². The number of aromatic nitrogens is 2. The van der Waals surface area contributed by atoms with Crippen molar-refractivity contribution in [3.63, 3.8) is 0 Å². The fraction of sp³-hybridized carbons (Fsp3) is 0.0667. The molecule has 1 N–H and O–H groups in total. The summed E-state index contributed by atoms with van der Waals surface area (Å²) in [4.78, 5) is 12.0. The van der Waals surface area contributed by atoms with E-state index >= 15 is 0 Å². The Balaban J connectivity index is 1.75. The van der Waals surface area contributed by atoms with Crippen LogP contribution in [0.15, 0.2) is 53.1 Å². The average molecular weight is 331 g/mol. The summed E-state index contributed by atoms with van der Waals surface area (Å²) in [6.45, 7) is 0.266. The predicted octanol–water partition coefficient (Wildman–Crippen LogP) is 3.68. The highest BCUT2D eigenvalue weighted by molar-refractivity contribution is 9.10. The van der Waals surface area contributed by atoms with Gasteiger partial charge in [-0.05, 0) is 39.7 Å². The number of H-pyrrole nitrogens is 1. The highest BCUT2D eigenvalue weighted by Crippen LogP contribution is 2.22. The summed E-state index contributed by atoms with van der Waals surface area (Å²) in [7, 11) is 0. The van der Waals surface area contributed by atoms with Crippen molar-refractivity contribution in [1.29, 1.82) is 0 Å². The zero-order valence-corrected chi connectivity index (χ0v) is 12.1. The number of nitrogens with zero attached hydrogens (tertiary/aromatic N) is 1. The smallest absolute Gasteiger partial charge is 0.338 e. The summed E-state index contributed by atoms with van der Waals surface area (Å²) in [6.07, 6.45) is 0. The maximum Gasteiger partial charge on any atom is 0.338 e. The van der Waals surface area contributed by atoms with Gasteiger partial charge in [0.25, 0.3) is 0 Å². The number of benzene rings is 2. The molecule has 0 amide bonds. The molecule has 0 radical (unpaired) electrons. The predicted molar refractivity (Wildman–Crippen MR) is 79.4 cm³/mol. The quantitative estimate of drug-likeness (QED) is 0.745. The number of fused-ring (bicyclic) bond motifs is 1. The molecule has 100 valence electrons. The van der Waals surface area contributed by atoms with Gasteiger partial charge < -0.3 is 4.74 Å². The van der Waals surface area contributed by atoms with Gasteiger partial charge in [-0.1, -0.05) is 30.3 Å². The van der Waals surface area contributed by atoms with Crippen LogP contribution in [0.4, 0.5) is 0 Å². The molecule has 4 nitrogen and oxygen atoms in total. The first-order valence-electron chi connectivity index (χ1n) is 6.09. The molecule has 0 saturated carbocycles. The summed E-state index contributed by atoms with van der Waals surface area (Å²) in [5.41, 5.74) is 2.18. The van der Waals surface area contributed by atoms with Crippen LogP contribution in [-0.4, -0.2) is 16.2 Å². The van der Waals surface area contributed by atoms with Crippen LogP contribution in [-0.2, 0) is 11.3 Å². The molecule has 0 atom stereocenters. The second kappa shape index (κ2) is 5.46. The first kappa shape index (κ1) is 12.9. The van der Waals surface area contributed by atoms with Crippen molar-refractivity contribution in [2.45, 2.75) is 6.61 Å². The van der Waals surface area contributed by atoms with Gasteiger partial charge in [0.05, 0.1) is 11.1 Å². The first-order chi connectivity index (χ1) is 9.74. The van der Waals surface area contributed by atoms with E-state index in [9.17, 15) is 4.79 Å². The van der Waals surface area contributed by atoms with Crippen LogP contribution in [0.2, 0.25) is 0 Å². The molecule has 5 heteroatoms. The molecule has 0 unspecified atom stereocenters. The maximum atomic E-state index is 12.0. The lowest BCUT2D eigenvalue weighted by atomic mass is 10.2. The van der Waals surface area contributed by atoms with Gasteiger partial charge in [-0.2, -0.15) is 5.10 Å². The standard InChI is InChI=1S/C15H11BrN2O2/c16-14-12-7-6-11(8-13(12)17-18-14)15(19)20-9-10-4-2-1-3-5-10/h1-8H,9H2,(H,17,18). The van der Waals surface area contributed by atoms with Crippen LogP contribution < -0.4 is 0 Å². The van der Waals surface area contributed by atoms with E-state index in [4.69, 9.17) is 4.74 Å². The van der Waals surface area contributed by atoms with Crippen LogP contribution in [0.25, 0.3) is 10.9 Å². The van der Waals surface area contributed by atoms with Crippen LogP contribution in [0.3, 0.4) is 0 Å². The molecule has 0 aliphatic heterocycles. The van der Waals surface area contributed by atoms with E-state index in [-0.39, 0.29) is 12.6 Å². The third-order valence-electron chi connectivity index (χ3n) is 2.96. The fourth-order valence-electron chi connectivity index (χ4n) is 1.91. The van der Waals surface area contributed by atoms with Crippen molar-refractivity contribution < 1.29 is 9.53 Å². The van der Waals surface area contributed by atoms with Gasteiger partial charge in [0.1, 0.15) is 11.2 Å². The number of aromatic amines is 1. The summed E-state index contributed by atoms with van der Waals surface area (Å²) in [6, 6.07) is 14.9. The van der Waals surface area contributed by atoms with E-state index < -0.39 is 0 Å². The van der Waals surface area contributed by atoms with Gasteiger partial charge in [0.15, 0.2) is 0 Å². The van der Waals surface area contributed by atoms with Crippen LogP contribution in [0.5, 0.6) is 0 Å². The maximum absolute atomic E-state index is 12.0. The Morgan fingerprint density at radius 3 is 2.80 bits per heavy atom. The molecule has 0 aliphatic carbocycles. The van der Waals surface area contributed by atoms with Crippen LogP contribution in [0, 0.1) is 0 Å². The Morgan fingerprint density at radius 2 is 2.00 bits per heavy atom. The Morgan fingerprint density at radius 1 is 1.20 bits per heavy atom. The Bertz CT molecular complexity index is 753. The second-order valence-corrected chi connectivity index (χ2v) is 5.12. The van der Waals surface area contributed by atoms with Gasteiger partial charge in [-0.3, -0.25) is 5.10 Å². The molecule has 3 aromatic rings. The van der Waals surface area contributed by atoms with Crippen molar-refractivity contribution in [1.82, 2.24) is 10.2 Å². The van der Waals surface area contributed by atoms with E-state index in [1.807, 2.05) is 36.4 Å². The number of carbonyl (C=O) groups excluding carboxylic acids is 1. The van der Waals surface area contributed by atoms with Crippen LogP contribution in [0.1, 0.15) is 15.9 Å². The fourth-order valence-corrected chi connectivity index (χ4v) is 2.34. The van der Waals surface area contributed by atoms with Gasteiger partial charge in [-0.15, -0.1) is 0 Å². The number of hydrogen-bond donors (Lipinski definition) is 1. The molecule has 0 bridgehead atoms. The molecule has 2 aromatic carbocycles. The lowest BCUT2D eigenvalue weighted by molar-refractivity contribution is 0.0473. The molecular formula is C15H11BrN2O2. The number of hydrogen-bond acceptors (Lipinski definition) is 3. The molecule has 20 heavy (non-hydrogen) atoms. The number of rotatable bonds is 3. The zero-order valence-electron chi connectivity index (χ0n) is 10.5. The molecule has 1 heterocycles. The van der Waals surface area contributed by atoms with E-state index in [2.05, 4.69) is 26.1 Å². The largest absolute Gasteiger partial charge is 0.457 e. The second-order valence-electron chi connectivity index (χ2n) is 4.33. The molecule has 0 saturated heterocycles. The minimum atomic E-state index is -0.352. The van der Waals surface area contributed by atoms with Crippen molar-refractivity contribution >= 4 is 32.8 Å². The number of halogens is 1. The van der Waals surface area contributed by atoms with Gasteiger partial charge >= 0.3 is 5.97 Å². The van der Waals surface area contributed by atoms with Crippen molar-refractivity contribution in [2.75, 3.05) is 0 Å². The molecule has 0 spiro atoms. The third kappa shape index (κ3) is 2.58. The SMILES string of the molecule is O=C(OCc1ccccc1)c1ccc2c(Br)[nH]nc2c1. The number of carbonyl (C=O) groups is 1. The average Bonchev–Trinajstić information content (AvgIpc) is 2.87. The normalized spacial score (nSPS) is 10.7. The minimum absolute atomic E-state index is 0.266. The zero-order chi connectivity index (χ0) is 13.9. The lowest BCUT2D eigenvalue weighted by Gasteiger charge is -2.04. The molecular weight excluding hydrogens is 320 g/mol. The third-order valence-corrected chi connectivity index (χ3v) is 3.56. The molecule has 0 aliphatic rings. The van der Waals surface area contributed by atoms with E-state index in [0.717, 1.165) is 21.1 Å². The van der Waals surface area contributed by atoms with Gasteiger partial charge in [-0.25, -0.2) is 4.79 Å². The Hall–Kier alpha value is -2.14. The van der Waals surface area contributed by atoms with E-state index in [1.54, 1.807) is 12.1 Å². The first-order valence-corrected chi connectivity index (χ1v) is 6.88. The summed E-state index contributed by atoms with van der Waals surface area (Å²) < 4.78 is 6.08. The topological polar surface area (TPSA) is 55.0 Å². The Kier molecular flexibility index (Phi) is 3.52. The van der Waals surface area contributed by atoms with E-state index in [1.165, 1.54) is 0 Å². The summed E-state index contributed by atoms with van der Waals surface area (Å²) >= 11 is 3.36. The van der Waals surface area contributed by atoms with Gasteiger partial charge in [0, 0.05) is 5.39 Å². The summed E-state index contributed by atoms with van der Waals surface area (Å²) in [5, 5.41) is 7.85. The molecule has 3 rings (SSSR count). The summed E-state index contributed by atoms with van der Waals surface area (Å²) in [5.74, 6) is -0.352. The number of nitrogens with one attached hydrogen (secondary N) is 1. The van der Waals surface area contributed by atoms with Crippen molar-refractivity contribution in [3.8, 4) is 0 Å². The monoisotopic (exact) mass is 330 g/mol. The molecule has 0 fully saturated rings. The highest BCUT2D eigenvalue weighted by Gasteiger charge is 2.10. The van der Waals surface area contributed by atoms with E-state index in [0.29, 0.717) is 5.56 Å². The number of esters is 1. The van der Waals surface area contributed by atoms with Crippen LogP contribution >= 0.6 is 15.9 Å². The lowest BCUT2D eigenvalue weighted by Crippen LogP contribution is -2.05.